The van der Waals surface area contributed by atoms with Crippen molar-refractivity contribution in [3.05, 3.63) is 34.1 Å². The Labute approximate surface area is 167 Å². The third-order valence-electron chi connectivity index (χ3n) is 6.19. The van der Waals surface area contributed by atoms with E-state index in [9.17, 15) is 18.8 Å². The van der Waals surface area contributed by atoms with E-state index in [1.54, 1.807) is 11.0 Å². The molecule has 4 amide bonds. The van der Waals surface area contributed by atoms with E-state index in [4.69, 9.17) is 11.6 Å². The molecule has 3 aliphatic rings. The van der Waals surface area contributed by atoms with Gasteiger partial charge in [0.15, 0.2) is 0 Å². The lowest BCUT2D eigenvalue weighted by Gasteiger charge is -2.28. The van der Waals surface area contributed by atoms with Gasteiger partial charge in [-0.25, -0.2) is 9.18 Å². The normalized spacial score (nSPS) is 27.1. The van der Waals surface area contributed by atoms with Crippen molar-refractivity contribution in [1.29, 1.82) is 0 Å². The number of imide groups is 1. The van der Waals surface area contributed by atoms with Crippen LogP contribution in [-0.4, -0.2) is 41.4 Å². The van der Waals surface area contributed by atoms with Crippen molar-refractivity contribution < 1.29 is 18.8 Å². The van der Waals surface area contributed by atoms with Gasteiger partial charge in [0.2, 0.25) is 5.91 Å². The number of rotatable bonds is 4. The Morgan fingerprint density at radius 2 is 2.11 bits per heavy atom. The first-order chi connectivity index (χ1) is 13.3. The minimum atomic E-state index is -0.965. The topological polar surface area (TPSA) is 78.5 Å². The van der Waals surface area contributed by atoms with Crippen LogP contribution in [0, 0.1) is 11.7 Å². The van der Waals surface area contributed by atoms with Gasteiger partial charge in [0.25, 0.3) is 5.91 Å². The second kappa shape index (κ2) is 7.03. The SMILES string of the molecule is C[C@@H]1CN(C(=O)CC[C@@]2(C3CC3)NC(=O)NC2=O)CCc2ccc(Cl)c(F)c21. The Bertz CT molecular complexity index is 857. The van der Waals surface area contributed by atoms with Gasteiger partial charge < -0.3 is 10.2 Å². The van der Waals surface area contributed by atoms with E-state index >= 15 is 0 Å². The zero-order chi connectivity index (χ0) is 20.1. The number of hydrogen-bond acceptors (Lipinski definition) is 3. The van der Waals surface area contributed by atoms with Crippen molar-refractivity contribution in [3.63, 3.8) is 0 Å². The number of halogens is 2. The van der Waals surface area contributed by atoms with Crippen LogP contribution in [0.2, 0.25) is 5.02 Å². The van der Waals surface area contributed by atoms with Gasteiger partial charge in [-0.2, -0.15) is 0 Å². The van der Waals surface area contributed by atoms with Gasteiger partial charge in [0.05, 0.1) is 5.02 Å². The van der Waals surface area contributed by atoms with Crippen LogP contribution in [0.1, 0.15) is 49.7 Å². The van der Waals surface area contributed by atoms with Crippen LogP contribution in [0.4, 0.5) is 9.18 Å². The molecule has 2 aliphatic heterocycles. The summed E-state index contributed by atoms with van der Waals surface area (Å²) in [6.45, 7) is 2.78. The summed E-state index contributed by atoms with van der Waals surface area (Å²) in [6.07, 6.45) is 2.75. The van der Waals surface area contributed by atoms with Gasteiger partial charge in [0, 0.05) is 25.4 Å². The summed E-state index contributed by atoms with van der Waals surface area (Å²) in [4.78, 5) is 38.6. The number of carbonyl (C=O) groups excluding carboxylic acids is 3. The molecule has 0 unspecified atom stereocenters. The first-order valence-electron chi connectivity index (χ1n) is 9.70. The lowest BCUT2D eigenvalue weighted by molar-refractivity contribution is -0.132. The summed E-state index contributed by atoms with van der Waals surface area (Å²) >= 11 is 5.93. The minimum absolute atomic E-state index is 0.0832. The van der Waals surface area contributed by atoms with E-state index in [1.165, 1.54) is 0 Å². The highest BCUT2D eigenvalue weighted by atomic mass is 35.5. The molecule has 0 radical (unpaired) electrons. The molecule has 150 valence electrons. The van der Waals surface area contributed by atoms with Gasteiger partial charge in [-0.15, -0.1) is 0 Å². The fraction of sp³-hybridized carbons (Fsp3) is 0.550. The second-order valence-electron chi connectivity index (χ2n) is 8.08. The van der Waals surface area contributed by atoms with E-state index in [0.717, 1.165) is 18.4 Å². The highest BCUT2D eigenvalue weighted by molar-refractivity contribution is 6.30. The van der Waals surface area contributed by atoms with E-state index in [0.29, 0.717) is 25.1 Å². The van der Waals surface area contributed by atoms with Crippen LogP contribution >= 0.6 is 11.6 Å². The maximum atomic E-state index is 14.5. The van der Waals surface area contributed by atoms with Crippen molar-refractivity contribution in [2.24, 2.45) is 5.92 Å². The van der Waals surface area contributed by atoms with E-state index < -0.39 is 17.4 Å². The van der Waals surface area contributed by atoms with Gasteiger partial charge in [-0.05, 0) is 48.8 Å². The summed E-state index contributed by atoms with van der Waals surface area (Å²) in [7, 11) is 0. The molecule has 1 aliphatic carbocycles. The highest BCUT2D eigenvalue weighted by Crippen LogP contribution is 2.44. The summed E-state index contributed by atoms with van der Waals surface area (Å²) in [5.41, 5.74) is 0.494. The number of nitrogens with zero attached hydrogens (tertiary/aromatic N) is 1. The number of urea groups is 1. The summed E-state index contributed by atoms with van der Waals surface area (Å²) in [5.74, 6) is -0.900. The summed E-state index contributed by atoms with van der Waals surface area (Å²) in [5, 5.41) is 5.15. The molecule has 2 heterocycles. The number of fused-ring (bicyclic) bond motifs is 1. The maximum absolute atomic E-state index is 14.5. The average molecular weight is 408 g/mol. The smallest absolute Gasteiger partial charge is 0.322 e. The Morgan fingerprint density at radius 3 is 2.75 bits per heavy atom. The first kappa shape index (κ1) is 19.2. The van der Waals surface area contributed by atoms with Crippen LogP contribution in [-0.2, 0) is 16.0 Å². The highest BCUT2D eigenvalue weighted by Gasteiger charge is 2.55. The third-order valence-corrected chi connectivity index (χ3v) is 6.48. The van der Waals surface area contributed by atoms with E-state index in [1.807, 2.05) is 13.0 Å². The van der Waals surface area contributed by atoms with Crippen molar-refractivity contribution >= 4 is 29.4 Å². The van der Waals surface area contributed by atoms with Crippen LogP contribution in [0.15, 0.2) is 12.1 Å². The van der Waals surface area contributed by atoms with Crippen LogP contribution < -0.4 is 10.6 Å². The number of amides is 4. The fourth-order valence-electron chi connectivity index (χ4n) is 4.56. The van der Waals surface area contributed by atoms with E-state index in [2.05, 4.69) is 10.6 Å². The quantitative estimate of drug-likeness (QED) is 0.753. The second-order valence-corrected chi connectivity index (χ2v) is 8.49. The molecule has 0 spiro atoms. The van der Waals surface area contributed by atoms with Crippen molar-refractivity contribution in [1.82, 2.24) is 15.5 Å². The average Bonchev–Trinajstić information content (AvgIpc) is 3.46. The molecular formula is C20H23ClFN3O3. The molecular weight excluding hydrogens is 385 g/mol. The Morgan fingerprint density at radius 1 is 1.36 bits per heavy atom. The number of hydrogen-bond donors (Lipinski definition) is 2. The monoisotopic (exact) mass is 407 g/mol. The molecule has 2 fully saturated rings. The van der Waals surface area contributed by atoms with Crippen LogP contribution in [0.3, 0.4) is 0 Å². The third kappa shape index (κ3) is 3.26. The standard InChI is InChI=1S/C20H23ClFN3O3/c1-11-10-25(9-7-12-2-5-14(21)17(22)16(11)12)15(26)6-8-20(13-3-4-13)18(27)23-19(28)24-20/h2,5,11,13H,3-4,6-10H2,1H3,(H2,23,24,27,28)/t11-,20+/m1/s1. The Hall–Kier alpha value is -2.15. The lowest BCUT2D eigenvalue weighted by atomic mass is 9.87. The summed E-state index contributed by atoms with van der Waals surface area (Å²) in [6, 6.07) is 2.89. The van der Waals surface area contributed by atoms with Crippen LogP contribution in [0.5, 0.6) is 0 Å². The van der Waals surface area contributed by atoms with Crippen LogP contribution in [0.25, 0.3) is 0 Å². The molecule has 0 bridgehead atoms. The Kier molecular flexibility index (Phi) is 4.81. The molecule has 2 N–H and O–H groups in total. The number of carbonyl (C=O) groups is 3. The minimum Gasteiger partial charge on any atom is -0.342 e. The fourth-order valence-corrected chi connectivity index (χ4v) is 4.73. The molecule has 1 saturated heterocycles. The summed E-state index contributed by atoms with van der Waals surface area (Å²) < 4.78 is 14.5. The predicted molar refractivity (Wildman–Crippen MR) is 101 cm³/mol. The van der Waals surface area contributed by atoms with Crippen molar-refractivity contribution in [2.75, 3.05) is 13.1 Å². The first-order valence-corrected chi connectivity index (χ1v) is 10.1. The number of benzene rings is 1. The van der Waals surface area contributed by atoms with E-state index in [-0.39, 0.29) is 41.5 Å². The molecule has 6 nitrogen and oxygen atoms in total. The molecule has 1 aromatic carbocycles. The lowest BCUT2D eigenvalue weighted by Crippen LogP contribution is -2.50. The van der Waals surface area contributed by atoms with Crippen molar-refractivity contribution in [3.8, 4) is 0 Å². The van der Waals surface area contributed by atoms with Gasteiger partial charge in [-0.3, -0.25) is 14.9 Å². The molecule has 28 heavy (non-hydrogen) atoms. The predicted octanol–water partition coefficient (Wildman–Crippen LogP) is 2.74. The molecule has 1 aromatic rings. The molecule has 2 atom stereocenters. The maximum Gasteiger partial charge on any atom is 0.322 e. The molecule has 0 aromatic heterocycles. The van der Waals surface area contributed by atoms with Gasteiger partial charge in [0.1, 0.15) is 11.4 Å². The zero-order valence-corrected chi connectivity index (χ0v) is 16.4. The molecule has 1 saturated carbocycles. The van der Waals surface area contributed by atoms with Crippen molar-refractivity contribution in [2.45, 2.75) is 50.5 Å². The molecule has 8 heteroatoms. The molecule has 4 rings (SSSR count). The number of nitrogens with one attached hydrogen (secondary N) is 2. The largest absolute Gasteiger partial charge is 0.342 e. The van der Waals surface area contributed by atoms with Gasteiger partial charge in [-0.1, -0.05) is 24.6 Å². The Balaban J connectivity index is 1.45. The van der Waals surface area contributed by atoms with Gasteiger partial charge >= 0.3 is 6.03 Å². The zero-order valence-electron chi connectivity index (χ0n) is 15.7.